The number of nitrogens with zero attached hydrogens (tertiary/aromatic N) is 3. The minimum Gasteiger partial charge on any atom is -0.361 e. The lowest BCUT2D eigenvalue weighted by molar-refractivity contribution is -0.130. The van der Waals surface area contributed by atoms with Crippen molar-refractivity contribution in [3.05, 3.63) is 66.1 Å². The highest BCUT2D eigenvalue weighted by atomic mass is 16.2. The van der Waals surface area contributed by atoms with Gasteiger partial charge in [-0.2, -0.15) is 0 Å². The highest BCUT2D eigenvalue weighted by Gasteiger charge is 2.29. The number of benzene rings is 2. The van der Waals surface area contributed by atoms with E-state index >= 15 is 0 Å². The molecule has 1 fully saturated rings. The highest BCUT2D eigenvalue weighted by Crippen LogP contribution is 2.28. The molecule has 1 unspecified atom stereocenters. The maximum atomic E-state index is 12.8. The summed E-state index contributed by atoms with van der Waals surface area (Å²) in [5.74, 6) is 1.27. The van der Waals surface area contributed by atoms with Gasteiger partial charge in [0.25, 0.3) is 0 Å². The van der Waals surface area contributed by atoms with Crippen molar-refractivity contribution >= 4 is 27.8 Å². The van der Waals surface area contributed by atoms with Crippen LogP contribution in [0.4, 0.5) is 0 Å². The summed E-state index contributed by atoms with van der Waals surface area (Å²) < 4.78 is 2.31. The third kappa shape index (κ3) is 2.87. The lowest BCUT2D eigenvalue weighted by Crippen LogP contribution is -2.29. The van der Waals surface area contributed by atoms with Gasteiger partial charge in [0.05, 0.1) is 17.1 Å². The van der Waals surface area contributed by atoms with Gasteiger partial charge in [0.15, 0.2) is 0 Å². The molecular weight excluding hydrogens is 348 g/mol. The van der Waals surface area contributed by atoms with E-state index in [1.54, 1.807) is 0 Å². The van der Waals surface area contributed by atoms with Crippen LogP contribution in [-0.2, 0) is 11.2 Å². The maximum absolute atomic E-state index is 12.8. The van der Waals surface area contributed by atoms with Gasteiger partial charge in [-0.1, -0.05) is 30.3 Å². The molecule has 5 rings (SSSR count). The number of carbonyl (C=O) groups excluding carboxylic acids is 1. The Morgan fingerprint density at radius 1 is 1.18 bits per heavy atom. The monoisotopic (exact) mass is 372 g/mol. The molecule has 0 spiro atoms. The summed E-state index contributed by atoms with van der Waals surface area (Å²) in [5.41, 5.74) is 4.55. The fraction of sp³-hybridized carbons (Fsp3) is 0.304. The fourth-order valence-electron chi connectivity index (χ4n) is 4.54. The average molecular weight is 372 g/mol. The largest absolute Gasteiger partial charge is 0.361 e. The summed E-state index contributed by atoms with van der Waals surface area (Å²) in [4.78, 5) is 22.8. The SMILES string of the molecule is Cc1nc2ccccc2n1C1CCN(C(=O)CCc2c[nH]c3ccccc23)C1. The van der Waals surface area contributed by atoms with Gasteiger partial charge in [-0.15, -0.1) is 0 Å². The molecule has 0 aliphatic carbocycles. The van der Waals surface area contributed by atoms with Crippen LogP contribution in [0.15, 0.2) is 54.7 Å². The number of H-pyrrole nitrogens is 1. The highest BCUT2D eigenvalue weighted by molar-refractivity contribution is 5.84. The van der Waals surface area contributed by atoms with E-state index in [2.05, 4.69) is 51.8 Å². The number of hydrogen-bond acceptors (Lipinski definition) is 2. The number of carbonyl (C=O) groups is 1. The van der Waals surface area contributed by atoms with Crippen LogP contribution >= 0.6 is 0 Å². The molecule has 2 aromatic carbocycles. The standard InChI is InChI=1S/C23H24N4O/c1-16-25-21-8-4-5-9-22(21)27(16)18-12-13-26(15-18)23(28)11-10-17-14-24-20-7-3-2-6-19(17)20/h2-9,14,18,24H,10-13,15H2,1H3. The number of aromatic amines is 1. The molecule has 1 amide bonds. The first-order chi connectivity index (χ1) is 13.7. The van der Waals surface area contributed by atoms with Crippen molar-refractivity contribution in [3.8, 4) is 0 Å². The van der Waals surface area contributed by atoms with Crippen LogP contribution in [0, 0.1) is 6.92 Å². The number of rotatable bonds is 4. The van der Waals surface area contributed by atoms with Crippen molar-refractivity contribution < 1.29 is 4.79 Å². The Morgan fingerprint density at radius 2 is 2.00 bits per heavy atom. The predicted molar refractivity (Wildman–Crippen MR) is 111 cm³/mol. The topological polar surface area (TPSA) is 53.9 Å². The Labute approximate surface area is 164 Å². The first-order valence-corrected chi connectivity index (χ1v) is 9.97. The van der Waals surface area contributed by atoms with Crippen LogP contribution in [-0.4, -0.2) is 38.4 Å². The van der Waals surface area contributed by atoms with E-state index in [4.69, 9.17) is 0 Å². The molecular formula is C23H24N4O. The van der Waals surface area contributed by atoms with Crippen LogP contribution < -0.4 is 0 Å². The fourth-order valence-corrected chi connectivity index (χ4v) is 4.54. The van der Waals surface area contributed by atoms with Gasteiger partial charge in [-0.3, -0.25) is 4.79 Å². The maximum Gasteiger partial charge on any atom is 0.222 e. The van der Waals surface area contributed by atoms with E-state index in [0.29, 0.717) is 12.5 Å². The zero-order valence-corrected chi connectivity index (χ0v) is 16.1. The minimum atomic E-state index is 0.245. The summed E-state index contributed by atoms with van der Waals surface area (Å²) >= 11 is 0. The molecule has 1 saturated heterocycles. The van der Waals surface area contributed by atoms with Crippen molar-refractivity contribution in [1.29, 1.82) is 0 Å². The molecule has 142 valence electrons. The van der Waals surface area contributed by atoms with Crippen LogP contribution in [0.25, 0.3) is 21.9 Å². The first kappa shape index (κ1) is 17.0. The molecule has 1 N–H and O–H groups in total. The number of likely N-dealkylation sites (tertiary alicyclic amines) is 1. The molecule has 0 bridgehead atoms. The Hall–Kier alpha value is -3.08. The van der Waals surface area contributed by atoms with Gasteiger partial charge in [-0.05, 0) is 43.5 Å². The lowest BCUT2D eigenvalue weighted by atomic mass is 10.1. The van der Waals surface area contributed by atoms with Gasteiger partial charge < -0.3 is 14.5 Å². The van der Waals surface area contributed by atoms with Gasteiger partial charge in [0, 0.05) is 36.6 Å². The van der Waals surface area contributed by atoms with Gasteiger partial charge in [0.1, 0.15) is 5.82 Å². The molecule has 28 heavy (non-hydrogen) atoms. The van der Waals surface area contributed by atoms with E-state index in [1.807, 2.05) is 29.3 Å². The van der Waals surface area contributed by atoms with Gasteiger partial charge >= 0.3 is 0 Å². The van der Waals surface area contributed by atoms with Crippen LogP contribution in [0.1, 0.15) is 30.3 Å². The number of aromatic nitrogens is 3. The molecule has 1 aliphatic rings. The number of para-hydroxylation sites is 3. The number of nitrogens with one attached hydrogen (secondary N) is 1. The van der Waals surface area contributed by atoms with Crippen molar-refractivity contribution in [1.82, 2.24) is 19.4 Å². The van der Waals surface area contributed by atoms with Crippen LogP contribution in [0.5, 0.6) is 0 Å². The van der Waals surface area contributed by atoms with E-state index in [1.165, 1.54) is 10.9 Å². The van der Waals surface area contributed by atoms with E-state index in [9.17, 15) is 4.79 Å². The molecule has 3 heterocycles. The Kier molecular flexibility index (Phi) is 4.15. The summed E-state index contributed by atoms with van der Waals surface area (Å²) in [6, 6.07) is 16.8. The van der Waals surface area contributed by atoms with Crippen molar-refractivity contribution in [3.63, 3.8) is 0 Å². The molecule has 5 heteroatoms. The van der Waals surface area contributed by atoms with Crippen LogP contribution in [0.3, 0.4) is 0 Å². The molecule has 0 saturated carbocycles. The predicted octanol–water partition coefficient (Wildman–Crippen LogP) is 4.23. The average Bonchev–Trinajstić information content (AvgIpc) is 3.42. The molecule has 1 atom stereocenters. The summed E-state index contributed by atoms with van der Waals surface area (Å²) in [5, 5.41) is 1.22. The number of hydrogen-bond donors (Lipinski definition) is 1. The molecule has 1 aliphatic heterocycles. The first-order valence-electron chi connectivity index (χ1n) is 9.97. The molecule has 0 radical (unpaired) electrons. The quantitative estimate of drug-likeness (QED) is 0.583. The van der Waals surface area contributed by atoms with Gasteiger partial charge in [-0.25, -0.2) is 4.98 Å². The summed E-state index contributed by atoms with van der Waals surface area (Å²) in [7, 11) is 0. The normalized spacial score (nSPS) is 17.0. The van der Waals surface area contributed by atoms with Crippen LogP contribution in [0.2, 0.25) is 0 Å². The minimum absolute atomic E-state index is 0.245. The summed E-state index contributed by atoms with van der Waals surface area (Å²) in [6.45, 7) is 3.65. The number of amides is 1. The van der Waals surface area contributed by atoms with E-state index in [0.717, 1.165) is 48.3 Å². The third-order valence-corrected chi connectivity index (χ3v) is 5.94. The van der Waals surface area contributed by atoms with Crippen molar-refractivity contribution in [2.75, 3.05) is 13.1 Å². The van der Waals surface area contributed by atoms with E-state index in [-0.39, 0.29) is 5.91 Å². The second kappa shape index (κ2) is 6.82. The zero-order valence-electron chi connectivity index (χ0n) is 16.1. The lowest BCUT2D eigenvalue weighted by Gasteiger charge is -2.18. The van der Waals surface area contributed by atoms with E-state index < -0.39 is 0 Å². The van der Waals surface area contributed by atoms with Gasteiger partial charge in [0.2, 0.25) is 5.91 Å². The van der Waals surface area contributed by atoms with Crippen molar-refractivity contribution in [2.24, 2.45) is 0 Å². The second-order valence-corrected chi connectivity index (χ2v) is 7.66. The molecule has 5 nitrogen and oxygen atoms in total. The zero-order chi connectivity index (χ0) is 19.1. The smallest absolute Gasteiger partial charge is 0.222 e. The Bertz CT molecular complexity index is 1160. The number of aryl methyl sites for hydroxylation is 2. The Morgan fingerprint density at radius 3 is 2.93 bits per heavy atom. The number of fused-ring (bicyclic) bond motifs is 2. The second-order valence-electron chi connectivity index (χ2n) is 7.66. The summed E-state index contributed by atoms with van der Waals surface area (Å²) in [6.07, 6.45) is 4.35. The number of imidazole rings is 1. The van der Waals surface area contributed by atoms with Crippen molar-refractivity contribution in [2.45, 2.75) is 32.2 Å². The molecule has 2 aromatic heterocycles. The third-order valence-electron chi connectivity index (χ3n) is 5.94. The molecule has 4 aromatic rings. The Balaban J connectivity index is 1.28.